The first-order valence-electron chi connectivity index (χ1n) is 6.46. The van der Waals surface area contributed by atoms with Gasteiger partial charge in [0.05, 0.1) is 11.0 Å². The highest BCUT2D eigenvalue weighted by atomic mass is 32.1. The maximum absolute atomic E-state index is 11.2. The predicted molar refractivity (Wildman–Crippen MR) is 78.9 cm³/mol. The van der Waals surface area contributed by atoms with E-state index < -0.39 is 6.10 Å². The second-order valence-corrected chi connectivity index (χ2v) is 6.47. The molecule has 0 fully saturated rings. The molecule has 1 aromatic rings. The van der Waals surface area contributed by atoms with Crippen molar-refractivity contribution in [3.8, 4) is 0 Å². The van der Waals surface area contributed by atoms with E-state index in [9.17, 15) is 15.2 Å². The van der Waals surface area contributed by atoms with Crippen molar-refractivity contribution in [1.82, 2.24) is 0 Å². The van der Waals surface area contributed by atoms with E-state index in [0.717, 1.165) is 6.54 Å². The summed E-state index contributed by atoms with van der Waals surface area (Å²) >= 11 is 1.31. The van der Waals surface area contributed by atoms with Crippen LogP contribution in [-0.4, -0.2) is 22.6 Å². The van der Waals surface area contributed by atoms with Crippen molar-refractivity contribution in [3.63, 3.8) is 0 Å². The number of hydrogen-bond acceptors (Lipinski definition) is 5. The summed E-state index contributed by atoms with van der Waals surface area (Å²) < 4.78 is 0. The number of aliphatic hydroxyl groups is 1. The Morgan fingerprint density at radius 3 is 2.32 bits per heavy atom. The first-order valence-corrected chi connectivity index (χ1v) is 7.28. The van der Waals surface area contributed by atoms with E-state index in [4.69, 9.17) is 0 Å². The first-order chi connectivity index (χ1) is 8.73. The second-order valence-electron chi connectivity index (χ2n) is 5.41. The van der Waals surface area contributed by atoms with Crippen LogP contribution < -0.4 is 4.90 Å². The molecule has 0 amide bonds. The van der Waals surface area contributed by atoms with Gasteiger partial charge in [0.1, 0.15) is 0 Å². The summed E-state index contributed by atoms with van der Waals surface area (Å²) in [5.74, 6) is 0.416. The molecule has 1 unspecified atom stereocenters. The van der Waals surface area contributed by atoms with Crippen molar-refractivity contribution in [2.45, 2.75) is 46.8 Å². The number of hydrogen-bond donors (Lipinski definition) is 1. The molecule has 1 N–H and O–H groups in total. The molecule has 1 heterocycles. The van der Waals surface area contributed by atoms with Gasteiger partial charge in [-0.15, -0.1) is 11.3 Å². The molecule has 1 rings (SSSR count). The molecule has 1 aromatic heterocycles. The Morgan fingerprint density at radius 2 is 1.95 bits per heavy atom. The summed E-state index contributed by atoms with van der Waals surface area (Å²) in [5, 5.41) is 21.4. The molecule has 0 aromatic carbocycles. The van der Waals surface area contributed by atoms with Crippen LogP contribution in [0.2, 0.25) is 0 Å². The van der Waals surface area contributed by atoms with Crippen molar-refractivity contribution in [3.05, 3.63) is 21.1 Å². The summed E-state index contributed by atoms with van der Waals surface area (Å²) in [6.07, 6.45) is -0.675. The lowest BCUT2D eigenvalue weighted by molar-refractivity contribution is -0.383. The van der Waals surface area contributed by atoms with Crippen molar-refractivity contribution in [2.24, 2.45) is 5.92 Å². The zero-order chi connectivity index (χ0) is 14.7. The number of thiophene rings is 1. The van der Waals surface area contributed by atoms with Gasteiger partial charge < -0.3 is 10.0 Å². The van der Waals surface area contributed by atoms with Crippen LogP contribution in [0.3, 0.4) is 0 Å². The molecule has 0 aliphatic rings. The van der Waals surface area contributed by atoms with Crippen molar-refractivity contribution in [1.29, 1.82) is 0 Å². The number of anilines is 1. The molecule has 0 aliphatic heterocycles. The minimum Gasteiger partial charge on any atom is -0.388 e. The molecular weight excluding hydrogens is 264 g/mol. The molecule has 0 radical (unpaired) electrons. The highest BCUT2D eigenvalue weighted by Gasteiger charge is 2.27. The van der Waals surface area contributed by atoms with E-state index in [1.807, 2.05) is 18.7 Å². The van der Waals surface area contributed by atoms with Crippen LogP contribution in [0.15, 0.2) is 6.07 Å². The van der Waals surface area contributed by atoms with Gasteiger partial charge in [-0.2, -0.15) is 0 Å². The molecule has 0 saturated heterocycles. The van der Waals surface area contributed by atoms with E-state index in [1.165, 1.54) is 17.4 Å². The molecule has 108 valence electrons. The molecule has 5 nitrogen and oxygen atoms in total. The SMILES string of the molecule is CC(C)CN(c1sc(C(C)O)cc1[N+](=O)[O-])C(C)C. The average molecular weight is 286 g/mol. The molecule has 0 bridgehead atoms. The van der Waals surface area contributed by atoms with Gasteiger partial charge in [0, 0.05) is 23.5 Å². The largest absolute Gasteiger partial charge is 0.388 e. The van der Waals surface area contributed by atoms with Crippen LogP contribution >= 0.6 is 11.3 Å². The van der Waals surface area contributed by atoms with Gasteiger partial charge in [0.25, 0.3) is 0 Å². The van der Waals surface area contributed by atoms with Gasteiger partial charge >= 0.3 is 5.69 Å². The van der Waals surface area contributed by atoms with Gasteiger partial charge in [0.15, 0.2) is 5.00 Å². The second kappa shape index (κ2) is 6.34. The molecule has 0 spiro atoms. The average Bonchev–Trinajstić information content (AvgIpc) is 2.69. The maximum atomic E-state index is 11.2. The van der Waals surface area contributed by atoms with Crippen molar-refractivity contribution < 1.29 is 10.0 Å². The zero-order valence-electron chi connectivity index (χ0n) is 12.1. The summed E-state index contributed by atoms with van der Waals surface area (Å²) in [7, 11) is 0. The Labute approximate surface area is 118 Å². The Hall–Kier alpha value is -1.14. The summed E-state index contributed by atoms with van der Waals surface area (Å²) in [6, 6.07) is 1.67. The van der Waals surface area contributed by atoms with E-state index in [-0.39, 0.29) is 16.7 Å². The summed E-state index contributed by atoms with van der Waals surface area (Å²) in [6.45, 7) is 10.6. The zero-order valence-corrected chi connectivity index (χ0v) is 12.9. The normalized spacial score (nSPS) is 13.1. The Bertz CT molecular complexity index is 441. The van der Waals surface area contributed by atoms with E-state index >= 15 is 0 Å². The van der Waals surface area contributed by atoms with Gasteiger partial charge in [0.2, 0.25) is 0 Å². The van der Waals surface area contributed by atoms with E-state index in [2.05, 4.69) is 13.8 Å². The molecule has 0 saturated carbocycles. The third-order valence-corrected chi connectivity index (χ3v) is 4.10. The van der Waals surface area contributed by atoms with Crippen molar-refractivity contribution in [2.75, 3.05) is 11.4 Å². The number of aliphatic hydroxyl groups excluding tert-OH is 1. The standard InChI is InChI=1S/C13H22N2O3S/c1-8(2)7-14(9(3)4)13-11(15(17)18)6-12(19-13)10(5)16/h6,8-10,16H,7H2,1-5H3. The van der Waals surface area contributed by atoms with E-state index in [0.29, 0.717) is 15.8 Å². The van der Waals surface area contributed by atoms with Gasteiger partial charge in [-0.25, -0.2) is 0 Å². The lowest BCUT2D eigenvalue weighted by Gasteiger charge is -2.28. The summed E-state index contributed by atoms with van der Waals surface area (Å²) in [5.41, 5.74) is 0.0928. The fourth-order valence-electron chi connectivity index (χ4n) is 1.85. The first kappa shape index (κ1) is 15.9. The van der Waals surface area contributed by atoms with Crippen LogP contribution in [0.5, 0.6) is 0 Å². The fourth-order valence-corrected chi connectivity index (χ4v) is 3.06. The van der Waals surface area contributed by atoms with Gasteiger partial charge in [-0.1, -0.05) is 13.8 Å². The predicted octanol–water partition coefficient (Wildman–Crippen LogP) is 3.58. The molecule has 6 heteroatoms. The topological polar surface area (TPSA) is 66.6 Å². The van der Waals surface area contributed by atoms with E-state index in [1.54, 1.807) is 6.92 Å². The van der Waals surface area contributed by atoms with Crippen LogP contribution in [0.1, 0.15) is 45.6 Å². The third-order valence-electron chi connectivity index (χ3n) is 2.77. The van der Waals surface area contributed by atoms with Gasteiger partial charge in [-0.3, -0.25) is 10.1 Å². The maximum Gasteiger partial charge on any atom is 0.304 e. The Morgan fingerprint density at radius 1 is 1.37 bits per heavy atom. The fraction of sp³-hybridized carbons (Fsp3) is 0.692. The minimum atomic E-state index is -0.675. The smallest absolute Gasteiger partial charge is 0.304 e. The van der Waals surface area contributed by atoms with Gasteiger partial charge in [-0.05, 0) is 26.7 Å². The number of nitrogens with zero attached hydrogens (tertiary/aromatic N) is 2. The van der Waals surface area contributed by atoms with Crippen molar-refractivity contribution >= 4 is 22.0 Å². The Balaban J connectivity index is 3.23. The lowest BCUT2D eigenvalue weighted by Crippen LogP contribution is -2.33. The quantitative estimate of drug-likeness (QED) is 0.641. The lowest BCUT2D eigenvalue weighted by atomic mass is 10.2. The highest BCUT2D eigenvalue weighted by molar-refractivity contribution is 7.16. The molecule has 19 heavy (non-hydrogen) atoms. The van der Waals surface area contributed by atoms with Crippen LogP contribution in [-0.2, 0) is 0 Å². The monoisotopic (exact) mass is 286 g/mol. The van der Waals surface area contributed by atoms with Crippen LogP contribution in [0.25, 0.3) is 0 Å². The Kier molecular flexibility index (Phi) is 5.31. The third kappa shape index (κ3) is 3.91. The molecule has 0 aliphatic carbocycles. The number of nitro groups is 1. The minimum absolute atomic E-state index is 0.0928. The highest BCUT2D eigenvalue weighted by Crippen LogP contribution is 2.41. The number of rotatable bonds is 6. The molecular formula is C13H22N2O3S. The van der Waals surface area contributed by atoms with Crippen LogP contribution in [0, 0.1) is 16.0 Å². The summed E-state index contributed by atoms with van der Waals surface area (Å²) in [4.78, 5) is 13.5. The van der Waals surface area contributed by atoms with Crippen LogP contribution in [0.4, 0.5) is 10.7 Å². The molecule has 1 atom stereocenters.